The summed E-state index contributed by atoms with van der Waals surface area (Å²) in [5.74, 6) is 1.53. The SMILES string of the molecule is CC(C)(N)Cc1ccc(Cl)c(OCC2CC2)c1. The minimum atomic E-state index is -0.207. The molecule has 0 heterocycles. The van der Waals surface area contributed by atoms with E-state index < -0.39 is 0 Å². The van der Waals surface area contributed by atoms with E-state index in [1.807, 2.05) is 32.0 Å². The second-order valence-electron chi connectivity index (χ2n) is 5.68. The van der Waals surface area contributed by atoms with Gasteiger partial charge in [0.25, 0.3) is 0 Å². The highest BCUT2D eigenvalue weighted by molar-refractivity contribution is 6.32. The Hall–Kier alpha value is -0.730. The number of hydrogen-bond acceptors (Lipinski definition) is 2. The van der Waals surface area contributed by atoms with Crippen molar-refractivity contribution < 1.29 is 4.74 Å². The smallest absolute Gasteiger partial charge is 0.138 e. The zero-order valence-corrected chi connectivity index (χ0v) is 11.3. The van der Waals surface area contributed by atoms with Crippen LogP contribution < -0.4 is 10.5 Å². The van der Waals surface area contributed by atoms with Crippen LogP contribution in [0.3, 0.4) is 0 Å². The van der Waals surface area contributed by atoms with Crippen LogP contribution in [-0.2, 0) is 6.42 Å². The van der Waals surface area contributed by atoms with Gasteiger partial charge in [-0.05, 0) is 56.7 Å². The number of rotatable bonds is 5. The molecule has 0 atom stereocenters. The summed E-state index contributed by atoms with van der Waals surface area (Å²) in [5, 5.41) is 0.684. The highest BCUT2D eigenvalue weighted by Crippen LogP contribution is 2.32. The molecule has 0 aliphatic heterocycles. The lowest BCUT2D eigenvalue weighted by Gasteiger charge is -2.19. The third-order valence-corrected chi connectivity index (χ3v) is 3.14. The fourth-order valence-electron chi connectivity index (χ4n) is 1.79. The quantitative estimate of drug-likeness (QED) is 0.873. The van der Waals surface area contributed by atoms with Gasteiger partial charge in [0.2, 0.25) is 0 Å². The molecule has 0 amide bonds. The van der Waals surface area contributed by atoms with Crippen LogP contribution in [0.4, 0.5) is 0 Å². The maximum Gasteiger partial charge on any atom is 0.138 e. The molecule has 2 rings (SSSR count). The maximum absolute atomic E-state index is 6.12. The average molecular weight is 254 g/mol. The molecule has 1 aliphatic carbocycles. The zero-order valence-electron chi connectivity index (χ0n) is 10.5. The van der Waals surface area contributed by atoms with Crippen molar-refractivity contribution in [2.75, 3.05) is 6.61 Å². The van der Waals surface area contributed by atoms with Gasteiger partial charge in [0.05, 0.1) is 11.6 Å². The molecule has 17 heavy (non-hydrogen) atoms. The molecule has 94 valence electrons. The molecule has 0 unspecified atom stereocenters. The standard InChI is InChI=1S/C14H20ClNO/c1-14(2,16)8-11-5-6-12(15)13(7-11)17-9-10-3-4-10/h5-7,10H,3-4,8-9,16H2,1-2H3. The van der Waals surface area contributed by atoms with Crippen molar-refractivity contribution in [2.45, 2.75) is 38.6 Å². The van der Waals surface area contributed by atoms with E-state index in [1.165, 1.54) is 18.4 Å². The van der Waals surface area contributed by atoms with Gasteiger partial charge in [0.1, 0.15) is 5.75 Å². The Morgan fingerprint density at radius 2 is 2.12 bits per heavy atom. The molecule has 0 bridgehead atoms. The fourth-order valence-corrected chi connectivity index (χ4v) is 1.96. The Bertz CT molecular complexity index is 394. The Morgan fingerprint density at radius 3 is 2.71 bits per heavy atom. The van der Waals surface area contributed by atoms with E-state index in [-0.39, 0.29) is 5.54 Å². The van der Waals surface area contributed by atoms with E-state index >= 15 is 0 Å². The summed E-state index contributed by atoms with van der Waals surface area (Å²) < 4.78 is 5.74. The number of halogens is 1. The van der Waals surface area contributed by atoms with Crippen molar-refractivity contribution >= 4 is 11.6 Å². The van der Waals surface area contributed by atoms with Crippen LogP contribution in [0.2, 0.25) is 5.02 Å². The first-order valence-corrected chi connectivity index (χ1v) is 6.52. The molecule has 1 fully saturated rings. The first-order valence-electron chi connectivity index (χ1n) is 6.14. The molecule has 0 spiro atoms. The van der Waals surface area contributed by atoms with Crippen molar-refractivity contribution in [2.24, 2.45) is 11.7 Å². The van der Waals surface area contributed by atoms with Gasteiger partial charge in [0.15, 0.2) is 0 Å². The molecule has 1 saturated carbocycles. The average Bonchev–Trinajstić information content (AvgIpc) is 3.00. The number of benzene rings is 1. The van der Waals surface area contributed by atoms with Crippen LogP contribution in [0, 0.1) is 5.92 Å². The highest BCUT2D eigenvalue weighted by atomic mass is 35.5. The van der Waals surface area contributed by atoms with Gasteiger partial charge in [-0.25, -0.2) is 0 Å². The van der Waals surface area contributed by atoms with Crippen LogP contribution >= 0.6 is 11.6 Å². The molecular weight excluding hydrogens is 234 g/mol. The van der Waals surface area contributed by atoms with E-state index in [2.05, 4.69) is 0 Å². The van der Waals surface area contributed by atoms with Crippen LogP contribution in [0.15, 0.2) is 18.2 Å². The molecule has 3 heteroatoms. The summed E-state index contributed by atoms with van der Waals surface area (Å²) in [6, 6.07) is 5.92. The largest absolute Gasteiger partial charge is 0.492 e. The number of nitrogens with two attached hydrogens (primary N) is 1. The van der Waals surface area contributed by atoms with Crippen LogP contribution in [0.1, 0.15) is 32.3 Å². The molecule has 2 N–H and O–H groups in total. The molecule has 1 aliphatic rings. The summed E-state index contributed by atoms with van der Waals surface area (Å²) in [4.78, 5) is 0. The summed E-state index contributed by atoms with van der Waals surface area (Å²) in [6.07, 6.45) is 3.39. The van der Waals surface area contributed by atoms with Crippen molar-refractivity contribution in [3.8, 4) is 5.75 Å². The predicted octanol–water partition coefficient (Wildman–Crippen LogP) is 3.41. The summed E-state index contributed by atoms with van der Waals surface area (Å²) in [7, 11) is 0. The molecular formula is C14H20ClNO. The van der Waals surface area contributed by atoms with Crippen LogP contribution in [-0.4, -0.2) is 12.1 Å². The lowest BCUT2D eigenvalue weighted by Crippen LogP contribution is -2.34. The van der Waals surface area contributed by atoms with Crippen molar-refractivity contribution in [3.05, 3.63) is 28.8 Å². The second kappa shape index (κ2) is 4.87. The predicted molar refractivity (Wildman–Crippen MR) is 71.6 cm³/mol. The van der Waals surface area contributed by atoms with E-state index in [0.29, 0.717) is 5.02 Å². The molecule has 0 aromatic heterocycles. The van der Waals surface area contributed by atoms with E-state index in [4.69, 9.17) is 22.1 Å². The Labute approximate surface area is 108 Å². The zero-order chi connectivity index (χ0) is 12.5. The fraction of sp³-hybridized carbons (Fsp3) is 0.571. The Kier molecular flexibility index (Phi) is 3.64. The third-order valence-electron chi connectivity index (χ3n) is 2.83. The lowest BCUT2D eigenvalue weighted by atomic mass is 9.96. The monoisotopic (exact) mass is 253 g/mol. The van der Waals surface area contributed by atoms with Gasteiger partial charge in [-0.1, -0.05) is 17.7 Å². The van der Waals surface area contributed by atoms with E-state index in [1.54, 1.807) is 0 Å². The lowest BCUT2D eigenvalue weighted by molar-refractivity contribution is 0.299. The molecule has 1 aromatic rings. The summed E-state index contributed by atoms with van der Waals surface area (Å²) >= 11 is 6.12. The molecule has 1 aromatic carbocycles. The molecule has 2 nitrogen and oxygen atoms in total. The number of ether oxygens (including phenoxy) is 1. The van der Waals surface area contributed by atoms with E-state index in [0.717, 1.165) is 24.7 Å². The second-order valence-corrected chi connectivity index (χ2v) is 6.09. The Morgan fingerprint density at radius 1 is 1.41 bits per heavy atom. The first kappa shape index (κ1) is 12.7. The normalized spacial score (nSPS) is 16.0. The van der Waals surface area contributed by atoms with Gasteiger partial charge in [-0.15, -0.1) is 0 Å². The van der Waals surface area contributed by atoms with E-state index in [9.17, 15) is 0 Å². The van der Waals surface area contributed by atoms with Crippen molar-refractivity contribution in [1.82, 2.24) is 0 Å². The first-order chi connectivity index (χ1) is 7.94. The number of hydrogen-bond donors (Lipinski definition) is 1. The molecule has 0 radical (unpaired) electrons. The van der Waals surface area contributed by atoms with Crippen LogP contribution in [0.25, 0.3) is 0 Å². The van der Waals surface area contributed by atoms with Crippen molar-refractivity contribution in [3.63, 3.8) is 0 Å². The summed E-state index contributed by atoms with van der Waals surface area (Å²) in [5.41, 5.74) is 6.98. The van der Waals surface area contributed by atoms with Gasteiger partial charge in [0, 0.05) is 5.54 Å². The molecule has 0 saturated heterocycles. The van der Waals surface area contributed by atoms with Gasteiger partial charge in [-0.3, -0.25) is 0 Å². The van der Waals surface area contributed by atoms with Gasteiger partial charge < -0.3 is 10.5 Å². The van der Waals surface area contributed by atoms with Gasteiger partial charge in [-0.2, -0.15) is 0 Å². The van der Waals surface area contributed by atoms with Gasteiger partial charge >= 0.3 is 0 Å². The highest BCUT2D eigenvalue weighted by Gasteiger charge is 2.22. The minimum Gasteiger partial charge on any atom is -0.492 e. The summed E-state index contributed by atoms with van der Waals surface area (Å²) in [6.45, 7) is 4.83. The van der Waals surface area contributed by atoms with Crippen molar-refractivity contribution in [1.29, 1.82) is 0 Å². The topological polar surface area (TPSA) is 35.2 Å². The maximum atomic E-state index is 6.12. The Balaban J connectivity index is 2.05. The third kappa shape index (κ3) is 4.21. The van der Waals surface area contributed by atoms with Crippen LogP contribution in [0.5, 0.6) is 5.75 Å². The minimum absolute atomic E-state index is 0.207.